The maximum atomic E-state index is 12.1. The molecule has 0 aliphatic carbocycles. The molecule has 0 aliphatic rings. The van der Waals surface area contributed by atoms with E-state index >= 15 is 0 Å². The number of hydrogen-bond donors (Lipinski definition) is 1. The van der Waals surface area contributed by atoms with Crippen molar-refractivity contribution in [2.24, 2.45) is 0 Å². The molecule has 0 aliphatic heterocycles. The molecule has 2 aromatic rings. The van der Waals surface area contributed by atoms with E-state index in [1.54, 1.807) is 0 Å². The third-order valence-electron chi connectivity index (χ3n) is 3.27. The zero-order valence-electron chi connectivity index (χ0n) is 13.0. The third kappa shape index (κ3) is 4.24. The fraction of sp³-hybridized carbons (Fsp3) is 0.125. The number of nitrogens with two attached hydrogens (primary N) is 1. The van der Waals surface area contributed by atoms with Gasteiger partial charge in [-0.15, -0.1) is 0 Å². The van der Waals surface area contributed by atoms with Crippen molar-refractivity contribution in [3.8, 4) is 5.75 Å². The number of esters is 1. The number of nitrogen functional groups attached to an aromatic ring is 1. The van der Waals surface area contributed by atoms with Gasteiger partial charge >= 0.3 is 5.97 Å². The van der Waals surface area contributed by atoms with Crippen molar-refractivity contribution in [1.82, 2.24) is 0 Å². The molecular weight excluding hydrogens is 352 g/mol. The average Bonchev–Trinajstić information content (AvgIpc) is 2.59. The van der Waals surface area contributed by atoms with Gasteiger partial charge < -0.3 is 15.2 Å². The second-order valence-electron chi connectivity index (χ2n) is 4.88. The Morgan fingerprint density at radius 3 is 2.48 bits per heavy atom. The summed E-state index contributed by atoms with van der Waals surface area (Å²) in [4.78, 5) is 34.1. The van der Waals surface area contributed by atoms with Crippen LogP contribution in [-0.4, -0.2) is 30.4 Å². The number of carbonyl (C=O) groups excluding carboxylic acids is 2. The van der Waals surface area contributed by atoms with Gasteiger partial charge in [-0.1, -0.05) is 11.6 Å². The zero-order chi connectivity index (χ0) is 18.6. The number of ether oxygens (including phenoxy) is 2. The van der Waals surface area contributed by atoms with Crippen LogP contribution in [0.25, 0.3) is 0 Å². The first-order chi connectivity index (χ1) is 11.8. The number of benzene rings is 2. The van der Waals surface area contributed by atoms with Gasteiger partial charge in [0.2, 0.25) is 0 Å². The number of halogens is 1. The molecule has 0 bridgehead atoms. The lowest BCUT2D eigenvalue weighted by atomic mass is 10.1. The zero-order valence-corrected chi connectivity index (χ0v) is 13.8. The SMILES string of the molecule is COc1ccc(C(=O)COC(=O)c2ccc(N)c([N+](=O)[O-])c2)cc1Cl. The Kier molecular flexibility index (Phi) is 5.56. The minimum atomic E-state index is -0.879. The number of ketones is 1. The Hall–Kier alpha value is -3.13. The minimum Gasteiger partial charge on any atom is -0.495 e. The van der Waals surface area contributed by atoms with Crippen LogP contribution in [-0.2, 0) is 4.74 Å². The van der Waals surface area contributed by atoms with Crippen molar-refractivity contribution in [3.05, 3.63) is 62.7 Å². The van der Waals surface area contributed by atoms with Gasteiger partial charge in [-0.3, -0.25) is 14.9 Å². The average molecular weight is 365 g/mol. The Morgan fingerprint density at radius 1 is 1.20 bits per heavy atom. The number of carbonyl (C=O) groups is 2. The van der Waals surface area contributed by atoms with Gasteiger partial charge in [-0.2, -0.15) is 0 Å². The molecule has 2 aromatic carbocycles. The Bertz CT molecular complexity index is 853. The lowest BCUT2D eigenvalue weighted by Gasteiger charge is -2.07. The van der Waals surface area contributed by atoms with Gasteiger partial charge in [0.05, 0.1) is 22.6 Å². The van der Waals surface area contributed by atoms with Crippen LogP contribution in [0.5, 0.6) is 5.75 Å². The number of hydrogen-bond acceptors (Lipinski definition) is 7. The predicted molar refractivity (Wildman–Crippen MR) is 90.1 cm³/mol. The summed E-state index contributed by atoms with van der Waals surface area (Å²) in [5, 5.41) is 11.1. The Labute approximate surface area is 147 Å². The van der Waals surface area contributed by atoms with E-state index in [1.165, 1.54) is 37.4 Å². The summed E-state index contributed by atoms with van der Waals surface area (Å²) in [5.74, 6) is -0.955. The summed E-state index contributed by atoms with van der Waals surface area (Å²) >= 11 is 5.93. The number of nitrogens with zero attached hydrogens (tertiary/aromatic N) is 1. The molecule has 8 nitrogen and oxygen atoms in total. The maximum Gasteiger partial charge on any atom is 0.338 e. The first-order valence-electron chi connectivity index (χ1n) is 6.91. The number of anilines is 1. The van der Waals surface area contributed by atoms with Crippen LogP contribution < -0.4 is 10.5 Å². The van der Waals surface area contributed by atoms with Crippen LogP contribution in [0.1, 0.15) is 20.7 Å². The highest BCUT2D eigenvalue weighted by molar-refractivity contribution is 6.32. The van der Waals surface area contributed by atoms with Crippen LogP contribution in [0.3, 0.4) is 0 Å². The molecule has 0 saturated carbocycles. The van der Waals surface area contributed by atoms with Crippen molar-refractivity contribution >= 4 is 34.7 Å². The predicted octanol–water partition coefficient (Wildman–Crippen LogP) is 2.88. The van der Waals surface area contributed by atoms with Crippen molar-refractivity contribution < 1.29 is 24.0 Å². The van der Waals surface area contributed by atoms with Crippen molar-refractivity contribution in [2.45, 2.75) is 0 Å². The Balaban J connectivity index is 2.07. The topological polar surface area (TPSA) is 122 Å². The monoisotopic (exact) mass is 364 g/mol. The highest BCUT2D eigenvalue weighted by Gasteiger charge is 2.18. The van der Waals surface area contributed by atoms with Crippen molar-refractivity contribution in [2.75, 3.05) is 19.5 Å². The second kappa shape index (κ2) is 7.63. The van der Waals surface area contributed by atoms with E-state index in [0.29, 0.717) is 5.75 Å². The fourth-order valence-corrected chi connectivity index (χ4v) is 2.22. The molecule has 0 radical (unpaired) electrons. The molecule has 2 N–H and O–H groups in total. The molecule has 0 atom stereocenters. The molecule has 0 spiro atoms. The molecule has 9 heteroatoms. The van der Waals surface area contributed by atoms with Gasteiger partial charge in [0.15, 0.2) is 12.4 Å². The molecule has 130 valence electrons. The molecule has 0 aromatic heterocycles. The quantitative estimate of drug-likeness (QED) is 0.275. The van der Waals surface area contributed by atoms with Gasteiger partial charge in [0, 0.05) is 11.6 Å². The molecule has 0 fully saturated rings. The van der Waals surface area contributed by atoms with Crippen molar-refractivity contribution in [3.63, 3.8) is 0 Å². The van der Waals surface area contributed by atoms with Crippen LogP contribution in [0, 0.1) is 10.1 Å². The molecule has 0 heterocycles. The highest BCUT2D eigenvalue weighted by Crippen LogP contribution is 2.25. The van der Waals surface area contributed by atoms with Crippen LogP contribution in [0.2, 0.25) is 5.02 Å². The van der Waals surface area contributed by atoms with Gasteiger partial charge in [-0.05, 0) is 30.3 Å². The first-order valence-corrected chi connectivity index (χ1v) is 7.29. The normalized spacial score (nSPS) is 10.2. The van der Waals surface area contributed by atoms with E-state index in [2.05, 4.69) is 0 Å². The lowest BCUT2D eigenvalue weighted by Crippen LogP contribution is -2.14. The number of rotatable bonds is 6. The molecule has 0 amide bonds. The van der Waals surface area contributed by atoms with Gasteiger partial charge in [-0.25, -0.2) is 4.79 Å². The number of nitro groups is 1. The van der Waals surface area contributed by atoms with Crippen LogP contribution in [0.15, 0.2) is 36.4 Å². The number of nitro benzene ring substituents is 1. The minimum absolute atomic E-state index is 0.0782. The summed E-state index contributed by atoms with van der Waals surface area (Å²) in [6, 6.07) is 7.88. The Morgan fingerprint density at radius 2 is 1.88 bits per heavy atom. The van der Waals surface area contributed by atoms with E-state index in [-0.39, 0.29) is 21.8 Å². The molecule has 25 heavy (non-hydrogen) atoms. The number of Topliss-reactive ketones (excluding diaryl/α,β-unsaturated/α-hetero) is 1. The molecular formula is C16H13ClN2O6. The first kappa shape index (κ1) is 18.2. The summed E-state index contributed by atoms with van der Waals surface area (Å²) in [6.45, 7) is -0.542. The fourth-order valence-electron chi connectivity index (χ4n) is 1.97. The summed E-state index contributed by atoms with van der Waals surface area (Å²) in [6.07, 6.45) is 0. The molecule has 0 unspecified atom stereocenters. The van der Waals surface area contributed by atoms with E-state index in [0.717, 1.165) is 6.07 Å². The maximum absolute atomic E-state index is 12.1. The number of methoxy groups -OCH3 is 1. The highest BCUT2D eigenvalue weighted by atomic mass is 35.5. The van der Waals surface area contributed by atoms with Crippen LogP contribution >= 0.6 is 11.6 Å². The van der Waals surface area contributed by atoms with E-state index in [4.69, 9.17) is 26.8 Å². The van der Waals surface area contributed by atoms with E-state index < -0.39 is 29.0 Å². The summed E-state index contributed by atoms with van der Waals surface area (Å²) in [5.41, 5.74) is 5.12. The summed E-state index contributed by atoms with van der Waals surface area (Å²) in [7, 11) is 1.44. The standard InChI is InChI=1S/C16H13ClN2O6/c1-24-15-5-3-9(6-11(15)17)14(20)8-25-16(21)10-2-4-12(18)13(7-10)19(22)23/h2-7H,8,18H2,1H3. The van der Waals surface area contributed by atoms with Gasteiger partial charge in [0.1, 0.15) is 11.4 Å². The van der Waals surface area contributed by atoms with Gasteiger partial charge in [0.25, 0.3) is 5.69 Å². The smallest absolute Gasteiger partial charge is 0.338 e. The van der Waals surface area contributed by atoms with Crippen LogP contribution in [0.4, 0.5) is 11.4 Å². The molecule has 2 rings (SSSR count). The molecule has 0 saturated heterocycles. The van der Waals surface area contributed by atoms with E-state index in [9.17, 15) is 19.7 Å². The largest absolute Gasteiger partial charge is 0.495 e. The van der Waals surface area contributed by atoms with Crippen molar-refractivity contribution in [1.29, 1.82) is 0 Å². The lowest BCUT2D eigenvalue weighted by molar-refractivity contribution is -0.383. The summed E-state index contributed by atoms with van der Waals surface area (Å²) < 4.78 is 9.87. The third-order valence-corrected chi connectivity index (χ3v) is 3.57. The van der Waals surface area contributed by atoms with E-state index in [1.807, 2.05) is 0 Å². The second-order valence-corrected chi connectivity index (χ2v) is 5.29.